The summed E-state index contributed by atoms with van der Waals surface area (Å²) in [6, 6.07) is -0.129. The molecule has 0 bridgehead atoms. The molecule has 1 aromatic heterocycles. The summed E-state index contributed by atoms with van der Waals surface area (Å²) in [5.74, 6) is 0.240. The second kappa shape index (κ2) is 5.59. The van der Waals surface area contributed by atoms with Crippen LogP contribution in [0.3, 0.4) is 0 Å². The Hall–Kier alpha value is -0.590. The van der Waals surface area contributed by atoms with Crippen LogP contribution in [0.25, 0.3) is 0 Å². The minimum atomic E-state index is -3.64. The van der Waals surface area contributed by atoms with Crippen LogP contribution in [0, 0.1) is 5.92 Å². The van der Waals surface area contributed by atoms with Crippen molar-refractivity contribution in [3.05, 3.63) is 11.5 Å². The SMILES string of the molecule is CC(C)CN(C(C)C)S(=O)(=O)c1ncn(C)c1Cl. The molecule has 104 valence electrons. The molecule has 0 spiro atoms. The minimum Gasteiger partial charge on any atom is -0.324 e. The maximum atomic E-state index is 12.5. The molecule has 0 aliphatic carbocycles. The molecule has 0 fully saturated rings. The van der Waals surface area contributed by atoms with Gasteiger partial charge in [0.2, 0.25) is 5.03 Å². The average Bonchev–Trinajstić information content (AvgIpc) is 2.56. The van der Waals surface area contributed by atoms with E-state index in [-0.39, 0.29) is 22.1 Å². The molecule has 0 aliphatic heterocycles. The van der Waals surface area contributed by atoms with Crippen molar-refractivity contribution in [1.29, 1.82) is 0 Å². The molecule has 0 aromatic carbocycles. The maximum absolute atomic E-state index is 12.5. The Balaban J connectivity index is 3.22. The van der Waals surface area contributed by atoms with E-state index >= 15 is 0 Å². The van der Waals surface area contributed by atoms with Gasteiger partial charge in [-0.3, -0.25) is 0 Å². The van der Waals surface area contributed by atoms with Crippen LogP contribution in [0.5, 0.6) is 0 Å². The van der Waals surface area contributed by atoms with Gasteiger partial charge in [-0.25, -0.2) is 13.4 Å². The molecule has 0 saturated carbocycles. The fraction of sp³-hybridized carbons (Fsp3) is 0.727. The van der Waals surface area contributed by atoms with Crippen molar-refractivity contribution < 1.29 is 8.42 Å². The van der Waals surface area contributed by atoms with Crippen molar-refractivity contribution in [2.45, 2.75) is 38.8 Å². The van der Waals surface area contributed by atoms with E-state index in [0.717, 1.165) is 0 Å². The molecule has 5 nitrogen and oxygen atoms in total. The summed E-state index contributed by atoms with van der Waals surface area (Å²) in [5, 5.41) is 0.0745. The molecule has 7 heteroatoms. The summed E-state index contributed by atoms with van der Waals surface area (Å²) in [6.45, 7) is 8.09. The molecule has 0 unspecified atom stereocenters. The number of aromatic nitrogens is 2. The van der Waals surface area contributed by atoms with E-state index in [1.807, 2.05) is 27.7 Å². The van der Waals surface area contributed by atoms with Crippen LogP contribution < -0.4 is 0 Å². The Kier molecular flexibility index (Phi) is 4.80. The highest BCUT2D eigenvalue weighted by Gasteiger charge is 2.32. The fourth-order valence-electron chi connectivity index (χ4n) is 1.62. The molecular weight excluding hydrogens is 274 g/mol. The van der Waals surface area contributed by atoms with Gasteiger partial charge in [-0.05, 0) is 19.8 Å². The van der Waals surface area contributed by atoms with E-state index in [4.69, 9.17) is 11.6 Å². The van der Waals surface area contributed by atoms with Crippen molar-refractivity contribution in [2.24, 2.45) is 13.0 Å². The standard InChI is InChI=1S/C11H20ClN3O2S/c1-8(2)6-15(9(3)4)18(16,17)11-10(12)14(5)7-13-11/h7-9H,6H2,1-5H3. The average molecular weight is 294 g/mol. The topological polar surface area (TPSA) is 55.2 Å². The van der Waals surface area contributed by atoms with E-state index in [1.54, 1.807) is 7.05 Å². The molecule has 0 N–H and O–H groups in total. The minimum absolute atomic E-state index is 0.0685. The van der Waals surface area contributed by atoms with Gasteiger partial charge in [-0.1, -0.05) is 25.4 Å². The molecule has 1 rings (SSSR count). The highest BCUT2D eigenvalue weighted by atomic mass is 35.5. The van der Waals surface area contributed by atoms with Crippen molar-refractivity contribution >= 4 is 21.6 Å². The van der Waals surface area contributed by atoms with E-state index in [1.165, 1.54) is 15.2 Å². The van der Waals surface area contributed by atoms with Crippen molar-refractivity contribution in [2.75, 3.05) is 6.54 Å². The molecule has 1 aromatic rings. The Morgan fingerprint density at radius 2 is 1.94 bits per heavy atom. The Bertz CT molecular complexity index is 508. The Morgan fingerprint density at radius 3 is 2.28 bits per heavy atom. The van der Waals surface area contributed by atoms with Crippen LogP contribution in [-0.2, 0) is 17.1 Å². The van der Waals surface area contributed by atoms with Crippen molar-refractivity contribution in [1.82, 2.24) is 13.9 Å². The van der Waals surface area contributed by atoms with Gasteiger partial charge in [-0.2, -0.15) is 4.31 Å². The lowest BCUT2D eigenvalue weighted by molar-refractivity contribution is 0.318. The zero-order valence-corrected chi connectivity index (χ0v) is 13.0. The number of rotatable bonds is 5. The number of imidazole rings is 1. The number of aryl methyl sites for hydroxylation is 1. The van der Waals surface area contributed by atoms with Crippen LogP contribution >= 0.6 is 11.6 Å². The second-order valence-corrected chi connectivity index (χ2v) is 7.18. The molecule has 0 radical (unpaired) electrons. The molecular formula is C11H20ClN3O2S. The second-order valence-electron chi connectivity index (χ2n) is 5.01. The highest BCUT2D eigenvalue weighted by Crippen LogP contribution is 2.24. The quantitative estimate of drug-likeness (QED) is 0.836. The van der Waals surface area contributed by atoms with E-state index < -0.39 is 10.0 Å². The number of sulfonamides is 1. The lowest BCUT2D eigenvalue weighted by atomic mass is 10.2. The maximum Gasteiger partial charge on any atom is 0.263 e. The van der Waals surface area contributed by atoms with Gasteiger partial charge in [0, 0.05) is 19.6 Å². The molecule has 18 heavy (non-hydrogen) atoms. The van der Waals surface area contributed by atoms with Gasteiger partial charge in [-0.15, -0.1) is 0 Å². The summed E-state index contributed by atoms with van der Waals surface area (Å²) in [4.78, 5) is 3.90. The molecule has 0 saturated heterocycles. The summed E-state index contributed by atoms with van der Waals surface area (Å²) >= 11 is 5.97. The van der Waals surface area contributed by atoms with Crippen LogP contribution in [0.1, 0.15) is 27.7 Å². The zero-order valence-electron chi connectivity index (χ0n) is 11.4. The predicted octanol–water partition coefficient (Wildman–Crippen LogP) is 2.13. The summed E-state index contributed by atoms with van der Waals surface area (Å²) in [5.41, 5.74) is 0. The third-order valence-electron chi connectivity index (χ3n) is 2.51. The third-order valence-corrected chi connectivity index (χ3v) is 5.04. The van der Waals surface area contributed by atoms with Gasteiger partial charge < -0.3 is 4.57 Å². The van der Waals surface area contributed by atoms with E-state index in [9.17, 15) is 8.42 Å². The predicted molar refractivity (Wildman–Crippen MR) is 72.1 cm³/mol. The number of hydrogen-bond donors (Lipinski definition) is 0. The first-order valence-corrected chi connectivity index (χ1v) is 7.68. The largest absolute Gasteiger partial charge is 0.324 e. The Morgan fingerprint density at radius 1 is 1.39 bits per heavy atom. The van der Waals surface area contributed by atoms with Crippen molar-refractivity contribution in [3.63, 3.8) is 0 Å². The third kappa shape index (κ3) is 3.05. The molecule has 0 amide bonds. The number of nitrogens with zero attached hydrogens (tertiary/aromatic N) is 3. The van der Waals surface area contributed by atoms with Gasteiger partial charge in [0.25, 0.3) is 10.0 Å². The van der Waals surface area contributed by atoms with E-state index in [0.29, 0.717) is 6.54 Å². The molecule has 0 aliphatic rings. The van der Waals surface area contributed by atoms with E-state index in [2.05, 4.69) is 4.98 Å². The normalized spacial score (nSPS) is 12.9. The summed E-state index contributed by atoms with van der Waals surface area (Å²) < 4.78 is 27.9. The van der Waals surface area contributed by atoms with Gasteiger partial charge >= 0.3 is 0 Å². The van der Waals surface area contributed by atoms with Crippen LogP contribution in [0.15, 0.2) is 11.4 Å². The summed E-state index contributed by atoms with van der Waals surface area (Å²) in [7, 11) is -1.97. The monoisotopic (exact) mass is 293 g/mol. The van der Waals surface area contributed by atoms with Crippen LogP contribution in [-0.4, -0.2) is 34.9 Å². The lowest BCUT2D eigenvalue weighted by Gasteiger charge is -2.26. The van der Waals surface area contributed by atoms with Crippen LogP contribution in [0.4, 0.5) is 0 Å². The molecule has 1 heterocycles. The van der Waals surface area contributed by atoms with Gasteiger partial charge in [0.1, 0.15) is 5.15 Å². The first-order valence-electron chi connectivity index (χ1n) is 5.86. The van der Waals surface area contributed by atoms with Gasteiger partial charge in [0.15, 0.2) is 0 Å². The lowest BCUT2D eigenvalue weighted by Crippen LogP contribution is -2.39. The first-order chi connectivity index (χ1) is 8.17. The van der Waals surface area contributed by atoms with Crippen LogP contribution in [0.2, 0.25) is 5.15 Å². The number of halogens is 1. The Labute approximate surface area is 114 Å². The highest BCUT2D eigenvalue weighted by molar-refractivity contribution is 7.89. The molecule has 0 atom stereocenters. The smallest absolute Gasteiger partial charge is 0.263 e. The first kappa shape index (κ1) is 15.5. The van der Waals surface area contributed by atoms with Gasteiger partial charge in [0.05, 0.1) is 6.33 Å². The van der Waals surface area contributed by atoms with Crippen molar-refractivity contribution in [3.8, 4) is 0 Å². The zero-order chi connectivity index (χ0) is 14.1. The summed E-state index contributed by atoms with van der Waals surface area (Å²) in [6.07, 6.45) is 1.41. The fourth-order valence-corrected chi connectivity index (χ4v) is 3.82. The number of hydrogen-bond acceptors (Lipinski definition) is 3.